The smallest absolute Gasteiger partial charge is 0.231 e. The highest BCUT2D eigenvalue weighted by Crippen LogP contribution is 2.37. The fourth-order valence-corrected chi connectivity index (χ4v) is 4.65. The number of hydrogen-bond donors (Lipinski definition) is 2. The van der Waals surface area contributed by atoms with Crippen LogP contribution in [0.2, 0.25) is 0 Å². The molecule has 1 saturated heterocycles. The zero-order chi connectivity index (χ0) is 17.3. The zero-order valence-electron chi connectivity index (χ0n) is 15.1. The van der Waals surface area contributed by atoms with Crippen LogP contribution in [0.4, 0.5) is 0 Å². The van der Waals surface area contributed by atoms with Gasteiger partial charge in [0.2, 0.25) is 5.91 Å². The predicted octanol–water partition coefficient (Wildman–Crippen LogP) is 1.53. The summed E-state index contributed by atoms with van der Waals surface area (Å²) in [6, 6.07) is 0. The predicted molar refractivity (Wildman–Crippen MR) is 94.3 cm³/mol. The van der Waals surface area contributed by atoms with Crippen LogP contribution in [-0.4, -0.2) is 58.7 Å². The van der Waals surface area contributed by atoms with Crippen molar-refractivity contribution in [3.63, 3.8) is 0 Å². The number of amides is 1. The van der Waals surface area contributed by atoms with Gasteiger partial charge in [-0.1, -0.05) is 19.3 Å². The van der Waals surface area contributed by atoms with E-state index in [1.807, 2.05) is 6.92 Å². The molecule has 0 bridgehead atoms. The summed E-state index contributed by atoms with van der Waals surface area (Å²) in [5, 5.41) is 10.8. The molecule has 0 aromatic rings. The quantitative estimate of drug-likeness (QED) is 0.819. The topological polar surface area (TPSA) is 82.2 Å². The highest BCUT2D eigenvalue weighted by atomic mass is 16.3. The molecule has 0 aromatic carbocycles. The zero-order valence-corrected chi connectivity index (χ0v) is 15.1. The monoisotopic (exact) mass is 336 g/mol. The lowest BCUT2D eigenvalue weighted by Gasteiger charge is -2.46. The minimum atomic E-state index is -0.446. The fourth-order valence-electron chi connectivity index (χ4n) is 4.65. The van der Waals surface area contributed by atoms with Gasteiger partial charge in [0.05, 0.1) is 12.0 Å². The maximum Gasteiger partial charge on any atom is 0.231 e. The van der Waals surface area contributed by atoms with Crippen molar-refractivity contribution in [1.82, 2.24) is 9.80 Å². The van der Waals surface area contributed by atoms with Gasteiger partial charge >= 0.3 is 0 Å². The Hall–Kier alpha value is -1.14. The van der Waals surface area contributed by atoms with Crippen molar-refractivity contribution in [1.29, 1.82) is 0 Å². The molecule has 2 heterocycles. The Morgan fingerprint density at radius 1 is 1.25 bits per heavy atom. The number of nitrogens with zero attached hydrogens (tertiary/aromatic N) is 3. The van der Waals surface area contributed by atoms with Crippen molar-refractivity contribution < 1.29 is 9.90 Å². The normalized spacial score (nSPS) is 35.0. The van der Waals surface area contributed by atoms with Crippen LogP contribution in [0, 0.1) is 11.8 Å². The van der Waals surface area contributed by atoms with Gasteiger partial charge < -0.3 is 10.8 Å². The first-order valence-corrected chi connectivity index (χ1v) is 9.45. The van der Waals surface area contributed by atoms with Crippen molar-refractivity contribution >= 4 is 11.9 Å². The molecule has 1 aliphatic carbocycles. The van der Waals surface area contributed by atoms with E-state index in [1.165, 1.54) is 24.2 Å². The van der Waals surface area contributed by atoms with Crippen molar-refractivity contribution in [2.45, 2.75) is 70.1 Å². The number of carbonyl (C=O) groups is 1. The number of hydrogen-bond acceptors (Lipinski definition) is 5. The third kappa shape index (κ3) is 3.45. The van der Waals surface area contributed by atoms with E-state index in [1.54, 1.807) is 7.05 Å². The van der Waals surface area contributed by atoms with Gasteiger partial charge in [-0.15, -0.1) is 0 Å². The van der Waals surface area contributed by atoms with Crippen molar-refractivity contribution in [2.24, 2.45) is 22.6 Å². The molecular weight excluding hydrogens is 304 g/mol. The van der Waals surface area contributed by atoms with Crippen molar-refractivity contribution in [3.05, 3.63) is 0 Å². The Morgan fingerprint density at radius 3 is 2.62 bits per heavy atom. The van der Waals surface area contributed by atoms with Gasteiger partial charge in [0.15, 0.2) is 5.96 Å². The van der Waals surface area contributed by atoms with Crippen LogP contribution in [0.5, 0.6) is 0 Å². The molecule has 2 aliphatic heterocycles. The van der Waals surface area contributed by atoms with Gasteiger partial charge in [-0.3, -0.25) is 14.6 Å². The molecule has 3 atom stereocenters. The summed E-state index contributed by atoms with van der Waals surface area (Å²) in [5.41, 5.74) is 5.51. The number of piperidine rings is 1. The minimum Gasteiger partial charge on any atom is -0.378 e. The molecule has 1 saturated carbocycles. The van der Waals surface area contributed by atoms with E-state index in [2.05, 4.69) is 9.89 Å². The van der Waals surface area contributed by atoms with Crippen LogP contribution in [0.15, 0.2) is 4.99 Å². The number of guanidine groups is 1. The molecule has 6 nitrogen and oxygen atoms in total. The number of carbonyl (C=O) groups excluding carboxylic acids is 1. The van der Waals surface area contributed by atoms with Gasteiger partial charge in [-0.05, 0) is 44.4 Å². The number of nitrogens with two attached hydrogens (primary N) is 1. The molecular formula is C18H32N4O2. The number of aliphatic hydroxyl groups is 1. The summed E-state index contributed by atoms with van der Waals surface area (Å²) >= 11 is 0. The Labute approximate surface area is 145 Å². The lowest BCUT2D eigenvalue weighted by molar-refractivity contribution is -0.129. The standard InChI is InChI=1S/C18H32N4O2/c1-18(11-15(23)21(2)17(19)20-18)14-9-6-10-22(12-14)16(24)13-7-4-3-5-8-13/h13-14,16,24H,3-12H2,1-2H3,(H2,19,20)/t14?,16?,18-/m0/s1. The second kappa shape index (κ2) is 7.00. The van der Waals surface area contributed by atoms with E-state index in [4.69, 9.17) is 5.73 Å². The second-order valence-corrected chi connectivity index (χ2v) is 8.10. The van der Waals surface area contributed by atoms with E-state index in [0.29, 0.717) is 18.3 Å². The Bertz CT molecular complexity index is 503. The van der Waals surface area contributed by atoms with E-state index in [0.717, 1.165) is 38.8 Å². The minimum absolute atomic E-state index is 0.0370. The molecule has 6 heteroatoms. The first-order chi connectivity index (χ1) is 11.4. The lowest BCUT2D eigenvalue weighted by atomic mass is 9.76. The fraction of sp³-hybridized carbons (Fsp3) is 0.889. The number of aliphatic imine (C=N–C) groups is 1. The second-order valence-electron chi connectivity index (χ2n) is 8.10. The van der Waals surface area contributed by atoms with Gasteiger partial charge in [-0.25, -0.2) is 4.99 Å². The number of aliphatic hydroxyl groups excluding tert-OH is 1. The van der Waals surface area contributed by atoms with Crippen LogP contribution in [0.3, 0.4) is 0 Å². The molecule has 0 radical (unpaired) electrons. The van der Waals surface area contributed by atoms with E-state index >= 15 is 0 Å². The first-order valence-electron chi connectivity index (χ1n) is 9.45. The van der Waals surface area contributed by atoms with Gasteiger partial charge in [0.25, 0.3) is 0 Å². The largest absolute Gasteiger partial charge is 0.378 e. The van der Waals surface area contributed by atoms with Gasteiger partial charge in [0, 0.05) is 20.1 Å². The van der Waals surface area contributed by atoms with Crippen LogP contribution >= 0.6 is 0 Å². The highest BCUT2D eigenvalue weighted by Gasteiger charge is 2.43. The molecule has 24 heavy (non-hydrogen) atoms. The molecule has 1 amide bonds. The maximum atomic E-state index is 12.2. The third-order valence-corrected chi connectivity index (χ3v) is 6.37. The first kappa shape index (κ1) is 17.7. The van der Waals surface area contributed by atoms with Crippen molar-refractivity contribution in [3.8, 4) is 0 Å². The highest BCUT2D eigenvalue weighted by molar-refractivity contribution is 5.98. The lowest BCUT2D eigenvalue weighted by Crippen LogP contribution is -2.56. The van der Waals surface area contributed by atoms with E-state index < -0.39 is 5.54 Å². The van der Waals surface area contributed by atoms with Gasteiger partial charge in [0.1, 0.15) is 6.23 Å². The summed E-state index contributed by atoms with van der Waals surface area (Å²) in [4.78, 5) is 20.6. The van der Waals surface area contributed by atoms with Crippen molar-refractivity contribution in [2.75, 3.05) is 20.1 Å². The summed E-state index contributed by atoms with van der Waals surface area (Å²) in [6.07, 6.45) is 8.18. The molecule has 136 valence electrons. The summed E-state index contributed by atoms with van der Waals surface area (Å²) in [6.45, 7) is 3.80. The SMILES string of the molecule is CN1C(=O)C[C@@](C)(C2CCCN(C(O)C3CCCCC3)C2)N=C1N. The molecule has 3 aliphatic rings. The molecule has 3 N–H and O–H groups in total. The van der Waals surface area contributed by atoms with Crippen LogP contribution in [0.1, 0.15) is 58.3 Å². The number of likely N-dealkylation sites (tertiary alicyclic amines) is 1. The van der Waals surface area contributed by atoms with Crippen LogP contribution in [-0.2, 0) is 4.79 Å². The molecule has 2 unspecified atom stereocenters. The molecule has 3 rings (SSSR count). The van der Waals surface area contributed by atoms with E-state index in [9.17, 15) is 9.90 Å². The van der Waals surface area contributed by atoms with Crippen LogP contribution < -0.4 is 5.73 Å². The van der Waals surface area contributed by atoms with Gasteiger partial charge in [-0.2, -0.15) is 0 Å². The average Bonchev–Trinajstić information content (AvgIpc) is 2.60. The average molecular weight is 336 g/mol. The Balaban J connectivity index is 1.70. The summed E-state index contributed by atoms with van der Waals surface area (Å²) in [7, 11) is 1.68. The Morgan fingerprint density at radius 2 is 1.96 bits per heavy atom. The molecule has 2 fully saturated rings. The number of rotatable bonds is 3. The third-order valence-electron chi connectivity index (χ3n) is 6.37. The Kier molecular flexibility index (Phi) is 5.16. The maximum absolute atomic E-state index is 12.2. The van der Waals surface area contributed by atoms with Crippen LogP contribution in [0.25, 0.3) is 0 Å². The summed E-state index contributed by atoms with van der Waals surface area (Å²) < 4.78 is 0. The summed E-state index contributed by atoms with van der Waals surface area (Å²) in [5.74, 6) is 1.02. The molecule has 0 aromatic heterocycles. The molecule has 0 spiro atoms. The van der Waals surface area contributed by atoms with E-state index in [-0.39, 0.29) is 18.1 Å².